The fraction of sp³-hybridized carbons (Fsp3) is 0.0588. The number of nitrogens with zero attached hydrogens (tertiary/aromatic N) is 1. The Balaban J connectivity index is 2.23. The maximum atomic E-state index is 12.2. The summed E-state index contributed by atoms with van der Waals surface area (Å²) in [7, 11) is 0. The molecule has 0 fully saturated rings. The van der Waals surface area contributed by atoms with E-state index in [-0.39, 0.29) is 12.5 Å². The lowest BCUT2D eigenvalue weighted by molar-refractivity contribution is 0.102. The molecule has 4 nitrogen and oxygen atoms in total. The lowest BCUT2D eigenvalue weighted by Gasteiger charge is -2.07. The van der Waals surface area contributed by atoms with Crippen LogP contribution in [-0.2, 0) is 0 Å². The van der Waals surface area contributed by atoms with Crippen LogP contribution in [0.15, 0.2) is 48.5 Å². The molecule has 0 heterocycles. The highest BCUT2D eigenvalue weighted by Crippen LogP contribution is 2.15. The minimum atomic E-state index is -0.283. The van der Waals surface area contributed by atoms with Gasteiger partial charge in [-0.25, -0.2) is 0 Å². The third kappa shape index (κ3) is 3.70. The van der Waals surface area contributed by atoms with Gasteiger partial charge in [-0.15, -0.1) is 0 Å². The lowest BCUT2D eigenvalue weighted by atomic mass is 10.1. The first-order valence-electron chi connectivity index (χ1n) is 6.34. The summed E-state index contributed by atoms with van der Waals surface area (Å²) in [4.78, 5) is 12.2. The zero-order chi connectivity index (χ0) is 15.1. The minimum absolute atomic E-state index is 0.270. The highest BCUT2D eigenvalue weighted by Gasteiger charge is 2.08. The van der Waals surface area contributed by atoms with Gasteiger partial charge < -0.3 is 11.1 Å². The van der Waals surface area contributed by atoms with Gasteiger partial charge in [-0.1, -0.05) is 30.0 Å². The van der Waals surface area contributed by atoms with Crippen LogP contribution in [0.25, 0.3) is 0 Å². The summed E-state index contributed by atoms with van der Waals surface area (Å²) in [6, 6.07) is 15.8. The molecular formula is C17H13N3O. The fourth-order valence-corrected chi connectivity index (χ4v) is 1.78. The molecule has 21 heavy (non-hydrogen) atoms. The number of carbonyl (C=O) groups excluding carboxylic acids is 1. The number of hydrogen-bond acceptors (Lipinski definition) is 3. The number of hydrogen-bond donors (Lipinski definition) is 2. The summed E-state index contributed by atoms with van der Waals surface area (Å²) in [5.41, 5.74) is 7.44. The standard InChI is InChI=1S/C17H13N3O/c18-10-4-6-13-5-3-8-14(11-13)17(21)20-16-9-2-1-7-15(16)12-19/h1-3,5,7-9,11H,10,18H2,(H,20,21). The van der Waals surface area contributed by atoms with Crippen LogP contribution in [-0.4, -0.2) is 12.5 Å². The van der Waals surface area contributed by atoms with E-state index in [4.69, 9.17) is 11.0 Å². The van der Waals surface area contributed by atoms with Gasteiger partial charge in [0.25, 0.3) is 5.91 Å². The molecule has 1 amide bonds. The van der Waals surface area contributed by atoms with E-state index in [9.17, 15) is 4.79 Å². The minimum Gasteiger partial charge on any atom is -0.321 e. The highest BCUT2D eigenvalue weighted by molar-refractivity contribution is 6.05. The van der Waals surface area contributed by atoms with Gasteiger partial charge in [-0.05, 0) is 30.3 Å². The van der Waals surface area contributed by atoms with Gasteiger partial charge in [0.2, 0.25) is 0 Å². The Hall–Kier alpha value is -3.08. The van der Waals surface area contributed by atoms with Crippen molar-refractivity contribution in [2.75, 3.05) is 11.9 Å². The van der Waals surface area contributed by atoms with Crippen molar-refractivity contribution in [1.82, 2.24) is 0 Å². The number of rotatable bonds is 2. The number of carbonyl (C=O) groups is 1. The van der Waals surface area contributed by atoms with Crippen LogP contribution in [0.5, 0.6) is 0 Å². The number of nitrogens with two attached hydrogens (primary N) is 1. The van der Waals surface area contributed by atoms with E-state index in [2.05, 4.69) is 17.2 Å². The summed E-state index contributed by atoms with van der Waals surface area (Å²) < 4.78 is 0. The maximum Gasteiger partial charge on any atom is 0.255 e. The molecule has 0 saturated heterocycles. The molecule has 2 aromatic carbocycles. The van der Waals surface area contributed by atoms with Gasteiger partial charge in [-0.2, -0.15) is 5.26 Å². The summed E-state index contributed by atoms with van der Waals surface area (Å²) in [5.74, 6) is 5.34. The van der Waals surface area contributed by atoms with Crippen LogP contribution in [0.2, 0.25) is 0 Å². The molecule has 0 bridgehead atoms. The van der Waals surface area contributed by atoms with Crippen molar-refractivity contribution in [3.63, 3.8) is 0 Å². The van der Waals surface area contributed by atoms with Crippen LogP contribution in [0.4, 0.5) is 5.69 Å². The molecule has 3 N–H and O–H groups in total. The number of nitriles is 1. The second-order valence-electron chi connectivity index (χ2n) is 4.20. The molecule has 0 atom stereocenters. The highest BCUT2D eigenvalue weighted by atomic mass is 16.1. The Labute approximate surface area is 123 Å². The Morgan fingerprint density at radius 3 is 2.76 bits per heavy atom. The van der Waals surface area contributed by atoms with Crippen molar-refractivity contribution < 1.29 is 4.79 Å². The summed E-state index contributed by atoms with van der Waals surface area (Å²) in [5, 5.41) is 11.7. The van der Waals surface area contributed by atoms with Gasteiger partial charge in [0.1, 0.15) is 6.07 Å². The van der Waals surface area contributed by atoms with Gasteiger partial charge in [0.15, 0.2) is 0 Å². The van der Waals surface area contributed by atoms with E-state index in [1.54, 1.807) is 42.5 Å². The predicted octanol–water partition coefficient (Wildman–Crippen LogP) is 2.12. The second kappa shape index (κ2) is 6.91. The quantitative estimate of drug-likeness (QED) is 0.824. The van der Waals surface area contributed by atoms with Crippen LogP contribution < -0.4 is 11.1 Å². The Morgan fingerprint density at radius 2 is 2.00 bits per heavy atom. The van der Waals surface area contributed by atoms with Gasteiger partial charge >= 0.3 is 0 Å². The zero-order valence-corrected chi connectivity index (χ0v) is 11.3. The van der Waals surface area contributed by atoms with Crippen molar-refractivity contribution in [3.05, 3.63) is 65.2 Å². The molecule has 4 heteroatoms. The largest absolute Gasteiger partial charge is 0.321 e. The van der Waals surface area contributed by atoms with Crippen molar-refractivity contribution >= 4 is 11.6 Å². The van der Waals surface area contributed by atoms with E-state index in [1.165, 1.54) is 0 Å². The summed E-state index contributed by atoms with van der Waals surface area (Å²) in [6.07, 6.45) is 0. The van der Waals surface area contributed by atoms with Gasteiger partial charge in [0.05, 0.1) is 17.8 Å². The maximum absolute atomic E-state index is 12.2. The normalized spacial score (nSPS) is 9.14. The fourth-order valence-electron chi connectivity index (χ4n) is 1.78. The van der Waals surface area contributed by atoms with Crippen LogP contribution in [0.1, 0.15) is 21.5 Å². The first-order chi connectivity index (χ1) is 10.2. The van der Waals surface area contributed by atoms with Crippen molar-refractivity contribution in [1.29, 1.82) is 5.26 Å². The van der Waals surface area contributed by atoms with Crippen molar-refractivity contribution in [3.8, 4) is 17.9 Å². The van der Waals surface area contributed by atoms with Crippen molar-refractivity contribution in [2.45, 2.75) is 0 Å². The van der Waals surface area contributed by atoms with Crippen molar-refractivity contribution in [2.24, 2.45) is 5.73 Å². The number of anilines is 1. The molecule has 0 aromatic heterocycles. The Morgan fingerprint density at radius 1 is 1.19 bits per heavy atom. The SMILES string of the molecule is N#Cc1ccccc1NC(=O)c1cccc(C#CCN)c1. The van der Waals surface area contributed by atoms with Crippen LogP contribution in [0, 0.1) is 23.2 Å². The van der Waals surface area contributed by atoms with Gasteiger partial charge in [0, 0.05) is 11.1 Å². The monoisotopic (exact) mass is 275 g/mol. The van der Waals surface area contributed by atoms with E-state index in [0.29, 0.717) is 16.8 Å². The summed E-state index contributed by atoms with van der Waals surface area (Å²) >= 11 is 0. The van der Waals surface area contributed by atoms with E-state index in [1.807, 2.05) is 12.1 Å². The predicted molar refractivity (Wildman–Crippen MR) is 81.5 cm³/mol. The first kappa shape index (κ1) is 14.3. The topological polar surface area (TPSA) is 78.9 Å². The molecule has 0 unspecified atom stereocenters. The van der Waals surface area contributed by atoms with Gasteiger partial charge in [-0.3, -0.25) is 4.79 Å². The van der Waals surface area contributed by atoms with Crippen LogP contribution in [0.3, 0.4) is 0 Å². The summed E-state index contributed by atoms with van der Waals surface area (Å²) in [6.45, 7) is 0.270. The van der Waals surface area contributed by atoms with E-state index < -0.39 is 0 Å². The smallest absolute Gasteiger partial charge is 0.255 e. The van der Waals surface area contributed by atoms with Crippen LogP contribution >= 0.6 is 0 Å². The third-order valence-corrected chi connectivity index (χ3v) is 2.76. The molecule has 0 saturated carbocycles. The number of para-hydroxylation sites is 1. The molecular weight excluding hydrogens is 262 g/mol. The Bertz CT molecular complexity index is 763. The Kier molecular flexibility index (Phi) is 4.71. The zero-order valence-electron chi connectivity index (χ0n) is 11.3. The molecule has 102 valence electrons. The van der Waals surface area contributed by atoms with E-state index in [0.717, 1.165) is 5.56 Å². The molecule has 0 aliphatic rings. The second-order valence-corrected chi connectivity index (χ2v) is 4.20. The first-order valence-corrected chi connectivity index (χ1v) is 6.34. The number of benzene rings is 2. The number of nitrogens with one attached hydrogen (secondary N) is 1. The molecule has 0 aliphatic carbocycles. The molecule has 0 radical (unpaired) electrons. The molecule has 2 aromatic rings. The third-order valence-electron chi connectivity index (χ3n) is 2.76. The lowest BCUT2D eigenvalue weighted by Crippen LogP contribution is -2.12. The molecule has 0 spiro atoms. The number of amides is 1. The van der Waals surface area contributed by atoms with E-state index >= 15 is 0 Å². The molecule has 0 aliphatic heterocycles. The molecule has 2 rings (SSSR count). The average Bonchev–Trinajstić information content (AvgIpc) is 2.53. The average molecular weight is 275 g/mol.